The average molecular weight is 286 g/mol. The molecule has 0 spiro atoms. The number of hydrogen-bond donors (Lipinski definition) is 2. The zero-order valence-corrected chi connectivity index (χ0v) is 12.3. The Bertz CT molecular complexity index is 459. The predicted molar refractivity (Wildman–Crippen MR) is 75.5 cm³/mol. The largest absolute Gasteiger partial charge is 0.355 e. The SMILES string of the molecule is CCCCCCNS(=O)(=O)c1cnc(NCC)nc1. The number of nitrogens with one attached hydrogen (secondary N) is 2. The maximum atomic E-state index is 11.9. The molecule has 0 aliphatic carbocycles. The van der Waals surface area contributed by atoms with Gasteiger partial charge in [-0.2, -0.15) is 0 Å². The molecule has 0 unspecified atom stereocenters. The van der Waals surface area contributed by atoms with Crippen LogP contribution in [0.3, 0.4) is 0 Å². The van der Waals surface area contributed by atoms with E-state index in [9.17, 15) is 8.42 Å². The minimum atomic E-state index is -3.48. The molecule has 108 valence electrons. The average Bonchev–Trinajstić information content (AvgIpc) is 2.39. The molecule has 0 saturated heterocycles. The van der Waals surface area contributed by atoms with Gasteiger partial charge in [0, 0.05) is 13.1 Å². The third-order valence-electron chi connectivity index (χ3n) is 2.60. The maximum absolute atomic E-state index is 11.9. The molecule has 19 heavy (non-hydrogen) atoms. The summed E-state index contributed by atoms with van der Waals surface area (Å²) in [7, 11) is -3.48. The standard InChI is InChI=1S/C12H22N4O2S/c1-3-5-6-7-8-16-19(17,18)11-9-14-12(13-4-2)15-10-11/h9-10,16H,3-8H2,1-2H3,(H,13,14,15). The van der Waals surface area contributed by atoms with E-state index in [1.807, 2.05) is 6.92 Å². The van der Waals surface area contributed by atoms with Crippen molar-refractivity contribution in [2.24, 2.45) is 0 Å². The molecule has 0 aliphatic rings. The first-order valence-corrected chi connectivity index (χ1v) is 8.14. The second-order valence-electron chi connectivity index (χ2n) is 4.23. The molecule has 0 saturated carbocycles. The number of sulfonamides is 1. The third-order valence-corrected chi connectivity index (χ3v) is 4.01. The summed E-state index contributed by atoms with van der Waals surface area (Å²) in [5, 5.41) is 2.92. The first kappa shape index (κ1) is 15.8. The normalized spacial score (nSPS) is 11.5. The van der Waals surface area contributed by atoms with E-state index >= 15 is 0 Å². The fourth-order valence-electron chi connectivity index (χ4n) is 1.55. The van der Waals surface area contributed by atoms with E-state index in [0.717, 1.165) is 25.7 Å². The zero-order chi connectivity index (χ0) is 14.1. The van der Waals surface area contributed by atoms with Crippen LogP contribution in [-0.4, -0.2) is 31.5 Å². The number of nitrogens with zero attached hydrogens (tertiary/aromatic N) is 2. The Morgan fingerprint density at radius 3 is 2.37 bits per heavy atom. The van der Waals surface area contributed by atoms with E-state index in [4.69, 9.17) is 0 Å². The summed E-state index contributed by atoms with van der Waals surface area (Å²) in [6.07, 6.45) is 6.78. The van der Waals surface area contributed by atoms with E-state index in [-0.39, 0.29) is 4.90 Å². The molecule has 0 bridgehead atoms. The summed E-state index contributed by atoms with van der Waals surface area (Å²) in [5.74, 6) is 0.435. The van der Waals surface area contributed by atoms with Crippen LogP contribution < -0.4 is 10.0 Å². The summed E-state index contributed by atoms with van der Waals surface area (Å²) in [6.45, 7) is 5.19. The van der Waals surface area contributed by atoms with Gasteiger partial charge in [0.05, 0.1) is 12.4 Å². The summed E-state index contributed by atoms with van der Waals surface area (Å²) in [6, 6.07) is 0. The first-order valence-electron chi connectivity index (χ1n) is 6.65. The van der Waals surface area contributed by atoms with Crippen molar-refractivity contribution in [1.82, 2.24) is 14.7 Å². The quantitative estimate of drug-likeness (QED) is 0.676. The second kappa shape index (κ2) is 8.06. The van der Waals surface area contributed by atoms with Crippen molar-refractivity contribution in [3.05, 3.63) is 12.4 Å². The molecular formula is C12H22N4O2S. The van der Waals surface area contributed by atoms with Gasteiger partial charge in [0.2, 0.25) is 16.0 Å². The lowest BCUT2D eigenvalue weighted by Gasteiger charge is -2.06. The summed E-state index contributed by atoms with van der Waals surface area (Å²) < 4.78 is 26.4. The highest BCUT2D eigenvalue weighted by molar-refractivity contribution is 7.89. The van der Waals surface area contributed by atoms with Crippen LogP contribution in [-0.2, 0) is 10.0 Å². The molecule has 6 nitrogen and oxygen atoms in total. The van der Waals surface area contributed by atoms with Gasteiger partial charge in [-0.25, -0.2) is 23.1 Å². The number of aromatic nitrogens is 2. The summed E-state index contributed by atoms with van der Waals surface area (Å²) in [5.41, 5.74) is 0. The minimum absolute atomic E-state index is 0.102. The van der Waals surface area contributed by atoms with Crippen LogP contribution in [0.5, 0.6) is 0 Å². The molecule has 7 heteroatoms. The fourth-order valence-corrected chi connectivity index (χ4v) is 2.51. The van der Waals surface area contributed by atoms with Gasteiger partial charge in [-0.15, -0.1) is 0 Å². The number of unbranched alkanes of at least 4 members (excludes halogenated alkanes) is 3. The summed E-state index contributed by atoms with van der Waals surface area (Å²) >= 11 is 0. The van der Waals surface area contributed by atoms with Crippen molar-refractivity contribution in [2.75, 3.05) is 18.4 Å². The molecule has 0 radical (unpaired) electrons. The monoisotopic (exact) mass is 286 g/mol. The molecule has 0 atom stereocenters. The number of anilines is 1. The van der Waals surface area contributed by atoms with Crippen LogP contribution >= 0.6 is 0 Å². The fraction of sp³-hybridized carbons (Fsp3) is 0.667. The smallest absolute Gasteiger partial charge is 0.243 e. The topological polar surface area (TPSA) is 84.0 Å². The second-order valence-corrected chi connectivity index (χ2v) is 6.00. The van der Waals surface area contributed by atoms with E-state index in [2.05, 4.69) is 26.9 Å². The lowest BCUT2D eigenvalue weighted by molar-refractivity contribution is 0.573. The molecule has 0 amide bonds. The Kier molecular flexibility index (Phi) is 6.72. The highest BCUT2D eigenvalue weighted by Gasteiger charge is 2.14. The Balaban J connectivity index is 2.52. The minimum Gasteiger partial charge on any atom is -0.355 e. The Hall–Kier alpha value is -1.21. The van der Waals surface area contributed by atoms with Gasteiger partial charge in [0.15, 0.2) is 0 Å². The Labute approximate surface area is 115 Å². The maximum Gasteiger partial charge on any atom is 0.243 e. The van der Waals surface area contributed by atoms with Gasteiger partial charge in [-0.1, -0.05) is 26.2 Å². The lowest BCUT2D eigenvalue weighted by atomic mass is 10.2. The predicted octanol–water partition coefficient (Wildman–Crippen LogP) is 1.77. The first-order chi connectivity index (χ1) is 9.10. The molecule has 1 heterocycles. The molecule has 0 aromatic carbocycles. The highest BCUT2D eigenvalue weighted by Crippen LogP contribution is 2.07. The zero-order valence-electron chi connectivity index (χ0n) is 11.5. The molecule has 1 rings (SSSR count). The van der Waals surface area contributed by atoms with E-state index < -0.39 is 10.0 Å². The van der Waals surface area contributed by atoms with Crippen LogP contribution in [0, 0.1) is 0 Å². The van der Waals surface area contributed by atoms with Crippen LogP contribution in [0.25, 0.3) is 0 Å². The van der Waals surface area contributed by atoms with E-state index in [1.54, 1.807) is 0 Å². The van der Waals surface area contributed by atoms with Gasteiger partial charge < -0.3 is 5.32 Å². The molecule has 1 aromatic heterocycles. The number of rotatable bonds is 9. The molecule has 0 fully saturated rings. The van der Waals surface area contributed by atoms with Crippen LogP contribution in [0.4, 0.5) is 5.95 Å². The highest BCUT2D eigenvalue weighted by atomic mass is 32.2. The number of hydrogen-bond acceptors (Lipinski definition) is 5. The van der Waals surface area contributed by atoms with Crippen molar-refractivity contribution in [1.29, 1.82) is 0 Å². The van der Waals surface area contributed by atoms with Gasteiger partial charge in [0.25, 0.3) is 0 Å². The van der Waals surface area contributed by atoms with Gasteiger partial charge in [0.1, 0.15) is 4.90 Å². The van der Waals surface area contributed by atoms with Gasteiger partial charge >= 0.3 is 0 Å². The summed E-state index contributed by atoms with van der Waals surface area (Å²) in [4.78, 5) is 8.00. The van der Waals surface area contributed by atoms with Crippen LogP contribution in [0.15, 0.2) is 17.3 Å². The van der Waals surface area contributed by atoms with Crippen LogP contribution in [0.1, 0.15) is 39.5 Å². The molecular weight excluding hydrogens is 264 g/mol. The van der Waals surface area contributed by atoms with E-state index in [1.165, 1.54) is 12.4 Å². The van der Waals surface area contributed by atoms with Crippen molar-refractivity contribution < 1.29 is 8.42 Å². The van der Waals surface area contributed by atoms with Gasteiger partial charge in [-0.3, -0.25) is 0 Å². The van der Waals surface area contributed by atoms with Crippen molar-refractivity contribution in [3.63, 3.8) is 0 Å². The van der Waals surface area contributed by atoms with Crippen molar-refractivity contribution in [2.45, 2.75) is 44.4 Å². The molecule has 0 aliphatic heterocycles. The molecule has 2 N–H and O–H groups in total. The Morgan fingerprint density at radius 2 is 1.79 bits per heavy atom. The van der Waals surface area contributed by atoms with Crippen LogP contribution in [0.2, 0.25) is 0 Å². The lowest BCUT2D eigenvalue weighted by Crippen LogP contribution is -2.25. The molecule has 1 aromatic rings. The van der Waals surface area contributed by atoms with Crippen molar-refractivity contribution >= 4 is 16.0 Å². The van der Waals surface area contributed by atoms with Crippen molar-refractivity contribution in [3.8, 4) is 0 Å². The third kappa shape index (κ3) is 5.52. The Morgan fingerprint density at radius 1 is 1.11 bits per heavy atom. The van der Waals surface area contributed by atoms with E-state index in [0.29, 0.717) is 19.0 Å². The van der Waals surface area contributed by atoms with Gasteiger partial charge in [-0.05, 0) is 13.3 Å².